The molecule has 0 radical (unpaired) electrons. The van der Waals surface area contributed by atoms with Gasteiger partial charge in [0.15, 0.2) is 0 Å². The molecular weight excluding hydrogens is 278 g/mol. The van der Waals surface area contributed by atoms with Crippen molar-refractivity contribution in [3.63, 3.8) is 0 Å². The van der Waals surface area contributed by atoms with Gasteiger partial charge in [0.2, 0.25) is 5.91 Å². The molecule has 0 saturated carbocycles. The lowest BCUT2D eigenvalue weighted by molar-refractivity contribution is -0.118. The molecule has 1 unspecified atom stereocenters. The van der Waals surface area contributed by atoms with Crippen molar-refractivity contribution in [2.75, 3.05) is 25.4 Å². The fourth-order valence-electron chi connectivity index (χ4n) is 2.20. The van der Waals surface area contributed by atoms with E-state index in [4.69, 9.17) is 10.5 Å². The molecule has 1 amide bonds. The molecule has 0 aromatic heterocycles. The summed E-state index contributed by atoms with van der Waals surface area (Å²) in [7, 11) is 0. The third-order valence-corrected chi connectivity index (χ3v) is 3.30. The second kappa shape index (κ2) is 10.1. The van der Waals surface area contributed by atoms with Crippen molar-refractivity contribution in [3.05, 3.63) is 23.8 Å². The molecule has 0 heterocycles. The lowest BCUT2D eigenvalue weighted by Crippen LogP contribution is -2.31. The molecule has 0 fully saturated rings. The van der Waals surface area contributed by atoms with Crippen LogP contribution in [0.25, 0.3) is 0 Å². The Morgan fingerprint density at radius 2 is 2.14 bits per heavy atom. The zero-order chi connectivity index (χ0) is 16.4. The van der Waals surface area contributed by atoms with E-state index in [1.54, 1.807) is 0 Å². The summed E-state index contributed by atoms with van der Waals surface area (Å²) in [5, 5.41) is 6.24. The average Bonchev–Trinajstić information content (AvgIpc) is 2.45. The molecule has 4 N–H and O–H groups in total. The lowest BCUT2D eigenvalue weighted by Gasteiger charge is -2.15. The molecular formula is C17H29N3O2. The van der Waals surface area contributed by atoms with E-state index in [2.05, 4.69) is 30.5 Å². The van der Waals surface area contributed by atoms with Gasteiger partial charge in [0, 0.05) is 19.5 Å². The molecule has 5 nitrogen and oxygen atoms in total. The van der Waals surface area contributed by atoms with Gasteiger partial charge in [0.25, 0.3) is 0 Å². The van der Waals surface area contributed by atoms with Crippen molar-refractivity contribution in [3.8, 4) is 5.75 Å². The SMILES string of the molecule is CCCOc1ccc(CC(C)NCCCNC(C)=O)cc1N. The summed E-state index contributed by atoms with van der Waals surface area (Å²) in [6, 6.07) is 6.36. The molecule has 1 aromatic carbocycles. The van der Waals surface area contributed by atoms with Gasteiger partial charge in [-0.2, -0.15) is 0 Å². The highest BCUT2D eigenvalue weighted by molar-refractivity contribution is 5.72. The number of anilines is 1. The Hall–Kier alpha value is -1.75. The number of carbonyl (C=O) groups excluding carboxylic acids is 1. The summed E-state index contributed by atoms with van der Waals surface area (Å²) in [4.78, 5) is 10.8. The van der Waals surface area contributed by atoms with Crippen molar-refractivity contribution < 1.29 is 9.53 Å². The van der Waals surface area contributed by atoms with Crippen LogP contribution < -0.4 is 21.1 Å². The molecule has 0 saturated heterocycles. The highest BCUT2D eigenvalue weighted by Crippen LogP contribution is 2.23. The predicted molar refractivity (Wildman–Crippen MR) is 91.1 cm³/mol. The predicted octanol–water partition coefficient (Wildman–Crippen LogP) is 2.10. The van der Waals surface area contributed by atoms with Gasteiger partial charge in [-0.15, -0.1) is 0 Å². The third-order valence-electron chi connectivity index (χ3n) is 3.30. The van der Waals surface area contributed by atoms with E-state index >= 15 is 0 Å². The molecule has 5 heteroatoms. The van der Waals surface area contributed by atoms with E-state index in [9.17, 15) is 4.79 Å². The second-order valence-corrected chi connectivity index (χ2v) is 5.62. The zero-order valence-corrected chi connectivity index (χ0v) is 13.9. The Morgan fingerprint density at radius 3 is 2.77 bits per heavy atom. The summed E-state index contributed by atoms with van der Waals surface area (Å²) in [5.41, 5.74) is 7.92. The summed E-state index contributed by atoms with van der Waals surface area (Å²) < 4.78 is 5.58. The molecule has 1 atom stereocenters. The molecule has 0 aliphatic carbocycles. The summed E-state index contributed by atoms with van der Waals surface area (Å²) in [5.74, 6) is 0.787. The van der Waals surface area contributed by atoms with Gasteiger partial charge in [-0.05, 0) is 50.4 Å². The molecule has 0 bridgehead atoms. The Kier molecular flexibility index (Phi) is 8.36. The fraction of sp³-hybridized carbons (Fsp3) is 0.588. The Morgan fingerprint density at radius 1 is 1.36 bits per heavy atom. The normalized spacial score (nSPS) is 12.0. The molecule has 0 aliphatic rings. The molecule has 124 valence electrons. The van der Waals surface area contributed by atoms with Crippen LogP contribution in [0, 0.1) is 0 Å². The Labute approximate surface area is 133 Å². The summed E-state index contributed by atoms with van der Waals surface area (Å²) >= 11 is 0. The number of nitrogen functional groups attached to an aromatic ring is 1. The van der Waals surface area contributed by atoms with Crippen molar-refractivity contribution in [1.29, 1.82) is 0 Å². The van der Waals surface area contributed by atoms with Crippen molar-refractivity contribution >= 4 is 11.6 Å². The molecule has 0 aliphatic heterocycles. The number of rotatable bonds is 10. The van der Waals surface area contributed by atoms with Crippen LogP contribution in [0.4, 0.5) is 5.69 Å². The minimum absolute atomic E-state index is 0.0221. The maximum absolute atomic E-state index is 10.8. The van der Waals surface area contributed by atoms with Gasteiger partial charge < -0.3 is 21.1 Å². The number of ether oxygens (including phenoxy) is 1. The highest BCUT2D eigenvalue weighted by Gasteiger charge is 2.06. The van der Waals surface area contributed by atoms with Crippen LogP contribution in [0.1, 0.15) is 39.2 Å². The van der Waals surface area contributed by atoms with Crippen LogP contribution in [0.5, 0.6) is 5.75 Å². The number of benzene rings is 1. The lowest BCUT2D eigenvalue weighted by atomic mass is 10.1. The van der Waals surface area contributed by atoms with E-state index in [1.807, 2.05) is 12.1 Å². The highest BCUT2D eigenvalue weighted by atomic mass is 16.5. The maximum atomic E-state index is 10.8. The minimum atomic E-state index is 0.0221. The number of hydrogen-bond donors (Lipinski definition) is 3. The van der Waals surface area contributed by atoms with Crippen molar-refractivity contribution in [1.82, 2.24) is 10.6 Å². The van der Waals surface area contributed by atoms with Gasteiger partial charge in [0.1, 0.15) is 5.75 Å². The van der Waals surface area contributed by atoms with E-state index in [0.29, 0.717) is 24.9 Å². The van der Waals surface area contributed by atoms with Crippen LogP contribution in [0.15, 0.2) is 18.2 Å². The van der Waals surface area contributed by atoms with Gasteiger partial charge in [-0.1, -0.05) is 13.0 Å². The topological polar surface area (TPSA) is 76.4 Å². The van der Waals surface area contributed by atoms with Crippen molar-refractivity contribution in [2.24, 2.45) is 0 Å². The number of carbonyl (C=O) groups is 1. The standard InChI is InChI=1S/C17H29N3O2/c1-4-10-22-17-7-6-15(12-16(17)18)11-13(2)19-8-5-9-20-14(3)21/h6-7,12-13,19H,4-5,8-11,18H2,1-3H3,(H,20,21). The third kappa shape index (κ3) is 7.31. The first-order valence-electron chi connectivity index (χ1n) is 8.02. The largest absolute Gasteiger partial charge is 0.491 e. The first-order chi connectivity index (χ1) is 10.5. The second-order valence-electron chi connectivity index (χ2n) is 5.62. The van der Waals surface area contributed by atoms with Crippen LogP contribution in [0.2, 0.25) is 0 Å². The maximum Gasteiger partial charge on any atom is 0.216 e. The number of nitrogens with one attached hydrogen (secondary N) is 2. The number of nitrogens with two attached hydrogens (primary N) is 1. The Balaban J connectivity index is 2.33. The summed E-state index contributed by atoms with van der Waals surface area (Å²) in [6.45, 7) is 8.05. The minimum Gasteiger partial charge on any atom is -0.491 e. The number of amides is 1. The van der Waals surface area contributed by atoms with Crippen LogP contribution in [0.3, 0.4) is 0 Å². The molecule has 1 rings (SSSR count). The van der Waals surface area contributed by atoms with Gasteiger partial charge in [-0.3, -0.25) is 4.79 Å². The van der Waals surface area contributed by atoms with Crippen molar-refractivity contribution in [2.45, 2.75) is 46.1 Å². The van der Waals surface area contributed by atoms with E-state index in [-0.39, 0.29) is 5.91 Å². The van der Waals surface area contributed by atoms with E-state index in [1.165, 1.54) is 12.5 Å². The summed E-state index contributed by atoms with van der Waals surface area (Å²) in [6.07, 6.45) is 2.81. The first kappa shape index (κ1) is 18.3. The van der Waals surface area contributed by atoms with Crippen LogP contribution in [-0.2, 0) is 11.2 Å². The van der Waals surface area contributed by atoms with E-state index in [0.717, 1.165) is 31.6 Å². The fourth-order valence-corrected chi connectivity index (χ4v) is 2.20. The molecule has 0 spiro atoms. The van der Waals surface area contributed by atoms with Crippen LogP contribution in [-0.4, -0.2) is 31.6 Å². The zero-order valence-electron chi connectivity index (χ0n) is 13.9. The quantitative estimate of drug-likeness (QED) is 0.457. The van der Waals surface area contributed by atoms with Gasteiger partial charge >= 0.3 is 0 Å². The monoisotopic (exact) mass is 307 g/mol. The average molecular weight is 307 g/mol. The van der Waals surface area contributed by atoms with E-state index < -0.39 is 0 Å². The molecule has 22 heavy (non-hydrogen) atoms. The van der Waals surface area contributed by atoms with Crippen LogP contribution >= 0.6 is 0 Å². The van der Waals surface area contributed by atoms with Gasteiger partial charge in [-0.25, -0.2) is 0 Å². The molecule has 1 aromatic rings. The first-order valence-corrected chi connectivity index (χ1v) is 8.02. The van der Waals surface area contributed by atoms with Gasteiger partial charge in [0.05, 0.1) is 12.3 Å². The number of hydrogen-bond acceptors (Lipinski definition) is 4. The Bertz CT molecular complexity index is 463. The smallest absolute Gasteiger partial charge is 0.216 e.